The van der Waals surface area contributed by atoms with Gasteiger partial charge in [0.2, 0.25) is 0 Å². The van der Waals surface area contributed by atoms with Crippen LogP contribution in [0.2, 0.25) is 0 Å². The molecule has 1 heterocycles. The predicted molar refractivity (Wildman–Crippen MR) is 44.8 cm³/mol. The molecule has 1 saturated heterocycles. The molecule has 0 radical (unpaired) electrons. The molecule has 3 heteroatoms. The van der Waals surface area contributed by atoms with Crippen molar-refractivity contribution in [2.24, 2.45) is 0 Å². The van der Waals surface area contributed by atoms with E-state index < -0.39 is 0 Å². The molecular weight excluding hydrogens is 140 g/mol. The fraction of sp³-hybridized carbons (Fsp3) is 0.875. The van der Waals surface area contributed by atoms with Crippen LogP contribution in [0, 0.1) is 5.41 Å². The molecule has 1 fully saturated rings. The van der Waals surface area contributed by atoms with E-state index in [2.05, 4.69) is 0 Å². The highest BCUT2D eigenvalue weighted by atomic mass is 16.5. The first kappa shape index (κ1) is 8.37. The van der Waals surface area contributed by atoms with Crippen LogP contribution in [-0.4, -0.2) is 30.6 Å². The quantitative estimate of drug-likeness (QED) is 0.460. The molecule has 0 aromatic rings. The highest BCUT2D eigenvalue weighted by molar-refractivity contribution is 5.70. The van der Waals surface area contributed by atoms with E-state index in [1.165, 1.54) is 19.3 Å². The van der Waals surface area contributed by atoms with Gasteiger partial charge >= 0.3 is 0 Å². The number of hydrogen-bond acceptors (Lipinski definition) is 2. The van der Waals surface area contributed by atoms with Crippen molar-refractivity contribution >= 4 is 6.02 Å². The molecule has 64 valence electrons. The minimum atomic E-state index is 0.354. The van der Waals surface area contributed by atoms with Gasteiger partial charge in [-0.05, 0) is 26.2 Å². The molecule has 0 saturated carbocycles. The summed E-state index contributed by atoms with van der Waals surface area (Å²) in [6.07, 6.45) is 3.71. The van der Waals surface area contributed by atoms with Gasteiger partial charge in [-0.3, -0.25) is 5.41 Å². The van der Waals surface area contributed by atoms with Crippen LogP contribution in [0.25, 0.3) is 0 Å². The second-order valence-corrected chi connectivity index (χ2v) is 2.79. The van der Waals surface area contributed by atoms with Crippen LogP contribution < -0.4 is 0 Å². The van der Waals surface area contributed by atoms with Crippen LogP contribution in [0.4, 0.5) is 0 Å². The molecule has 0 bridgehead atoms. The Balaban J connectivity index is 2.27. The molecular formula is C8H16N2O. The first-order chi connectivity index (χ1) is 5.34. The van der Waals surface area contributed by atoms with Gasteiger partial charge in [-0.25, -0.2) is 0 Å². The van der Waals surface area contributed by atoms with Gasteiger partial charge in [0.25, 0.3) is 6.02 Å². The Morgan fingerprint density at radius 1 is 1.36 bits per heavy atom. The zero-order chi connectivity index (χ0) is 8.10. The molecule has 0 aromatic heterocycles. The SMILES string of the molecule is CCOC(=N)N1CCCCC1. The van der Waals surface area contributed by atoms with Gasteiger partial charge in [0.15, 0.2) is 0 Å². The van der Waals surface area contributed by atoms with Crippen molar-refractivity contribution < 1.29 is 4.74 Å². The van der Waals surface area contributed by atoms with Gasteiger partial charge in [0.05, 0.1) is 6.61 Å². The summed E-state index contributed by atoms with van der Waals surface area (Å²) in [6, 6.07) is 0.354. The van der Waals surface area contributed by atoms with Gasteiger partial charge in [0, 0.05) is 13.1 Å². The van der Waals surface area contributed by atoms with Gasteiger partial charge in [-0.2, -0.15) is 0 Å². The number of rotatable bonds is 1. The van der Waals surface area contributed by atoms with E-state index in [-0.39, 0.29) is 0 Å². The van der Waals surface area contributed by atoms with Crippen LogP contribution in [0.5, 0.6) is 0 Å². The Labute approximate surface area is 67.8 Å². The molecule has 0 amide bonds. The lowest BCUT2D eigenvalue weighted by Crippen LogP contribution is -2.36. The average Bonchev–Trinajstić information content (AvgIpc) is 2.07. The molecule has 1 aliphatic rings. The number of nitrogens with one attached hydrogen (secondary N) is 1. The van der Waals surface area contributed by atoms with E-state index in [1.54, 1.807) is 0 Å². The van der Waals surface area contributed by atoms with Crippen LogP contribution >= 0.6 is 0 Å². The summed E-state index contributed by atoms with van der Waals surface area (Å²) in [7, 11) is 0. The summed E-state index contributed by atoms with van der Waals surface area (Å²) >= 11 is 0. The van der Waals surface area contributed by atoms with Crippen molar-refractivity contribution in [1.29, 1.82) is 5.41 Å². The number of amidine groups is 1. The average molecular weight is 156 g/mol. The zero-order valence-corrected chi connectivity index (χ0v) is 7.10. The molecule has 0 aromatic carbocycles. The normalized spacial score (nSPS) is 18.1. The predicted octanol–water partition coefficient (Wildman–Crippen LogP) is 1.44. The second kappa shape index (κ2) is 4.21. The number of hydrogen-bond donors (Lipinski definition) is 1. The molecule has 1 N–H and O–H groups in total. The summed E-state index contributed by atoms with van der Waals surface area (Å²) in [5.41, 5.74) is 0. The van der Waals surface area contributed by atoms with Crippen LogP contribution in [0.15, 0.2) is 0 Å². The van der Waals surface area contributed by atoms with Crippen molar-refractivity contribution in [3.63, 3.8) is 0 Å². The molecule has 1 rings (SSSR count). The summed E-state index contributed by atoms with van der Waals surface area (Å²) in [5.74, 6) is 0. The fourth-order valence-electron chi connectivity index (χ4n) is 1.33. The van der Waals surface area contributed by atoms with E-state index >= 15 is 0 Å². The molecule has 0 spiro atoms. The van der Waals surface area contributed by atoms with Gasteiger partial charge in [-0.15, -0.1) is 0 Å². The van der Waals surface area contributed by atoms with Crippen LogP contribution in [0.1, 0.15) is 26.2 Å². The van der Waals surface area contributed by atoms with E-state index in [0.717, 1.165) is 13.1 Å². The van der Waals surface area contributed by atoms with E-state index in [0.29, 0.717) is 12.6 Å². The Hall–Kier alpha value is -0.730. The third kappa shape index (κ3) is 2.41. The first-order valence-corrected chi connectivity index (χ1v) is 4.31. The second-order valence-electron chi connectivity index (χ2n) is 2.79. The molecule has 11 heavy (non-hydrogen) atoms. The van der Waals surface area contributed by atoms with Crippen molar-refractivity contribution in [3.05, 3.63) is 0 Å². The third-order valence-corrected chi connectivity index (χ3v) is 1.92. The zero-order valence-electron chi connectivity index (χ0n) is 7.10. The Kier molecular flexibility index (Phi) is 3.20. The standard InChI is InChI=1S/C8H16N2O/c1-2-11-8(9)10-6-4-3-5-7-10/h9H,2-7H2,1H3. The summed E-state index contributed by atoms with van der Waals surface area (Å²) in [5, 5.41) is 7.49. The van der Waals surface area contributed by atoms with Crippen molar-refractivity contribution in [2.45, 2.75) is 26.2 Å². The topological polar surface area (TPSA) is 36.3 Å². The van der Waals surface area contributed by atoms with Crippen molar-refractivity contribution in [1.82, 2.24) is 4.90 Å². The molecule has 3 nitrogen and oxygen atoms in total. The third-order valence-electron chi connectivity index (χ3n) is 1.92. The maximum absolute atomic E-state index is 7.49. The van der Waals surface area contributed by atoms with Crippen LogP contribution in [-0.2, 0) is 4.74 Å². The number of nitrogens with zero attached hydrogens (tertiary/aromatic N) is 1. The van der Waals surface area contributed by atoms with Gasteiger partial charge in [0.1, 0.15) is 0 Å². The van der Waals surface area contributed by atoms with E-state index in [4.69, 9.17) is 10.1 Å². The Bertz CT molecular complexity index is 130. The van der Waals surface area contributed by atoms with Gasteiger partial charge in [-0.1, -0.05) is 0 Å². The molecule has 0 unspecified atom stereocenters. The number of likely N-dealkylation sites (tertiary alicyclic amines) is 1. The summed E-state index contributed by atoms with van der Waals surface area (Å²) in [6.45, 7) is 4.52. The number of piperidine rings is 1. The van der Waals surface area contributed by atoms with E-state index in [1.807, 2.05) is 11.8 Å². The van der Waals surface area contributed by atoms with Crippen molar-refractivity contribution in [2.75, 3.05) is 19.7 Å². The lowest BCUT2D eigenvalue weighted by molar-refractivity contribution is 0.219. The Morgan fingerprint density at radius 2 is 2.00 bits per heavy atom. The highest BCUT2D eigenvalue weighted by Crippen LogP contribution is 2.08. The molecule has 0 aliphatic carbocycles. The Morgan fingerprint density at radius 3 is 2.55 bits per heavy atom. The molecule has 1 aliphatic heterocycles. The summed E-state index contributed by atoms with van der Waals surface area (Å²) < 4.78 is 5.09. The van der Waals surface area contributed by atoms with E-state index in [9.17, 15) is 0 Å². The maximum atomic E-state index is 7.49. The maximum Gasteiger partial charge on any atom is 0.284 e. The lowest BCUT2D eigenvalue weighted by Gasteiger charge is -2.27. The monoisotopic (exact) mass is 156 g/mol. The fourth-order valence-corrected chi connectivity index (χ4v) is 1.33. The number of ether oxygens (including phenoxy) is 1. The first-order valence-electron chi connectivity index (χ1n) is 4.31. The molecule has 0 atom stereocenters. The summed E-state index contributed by atoms with van der Waals surface area (Å²) in [4.78, 5) is 2.01. The minimum absolute atomic E-state index is 0.354. The smallest absolute Gasteiger partial charge is 0.284 e. The van der Waals surface area contributed by atoms with Gasteiger partial charge < -0.3 is 9.64 Å². The largest absolute Gasteiger partial charge is 0.466 e. The van der Waals surface area contributed by atoms with Crippen LogP contribution in [0.3, 0.4) is 0 Å². The minimum Gasteiger partial charge on any atom is -0.466 e. The lowest BCUT2D eigenvalue weighted by atomic mass is 10.1. The van der Waals surface area contributed by atoms with Crippen molar-refractivity contribution in [3.8, 4) is 0 Å². The highest BCUT2D eigenvalue weighted by Gasteiger charge is 2.13.